The van der Waals surface area contributed by atoms with Crippen molar-refractivity contribution >= 4 is 51.0 Å². The third kappa shape index (κ3) is 5.58. The Morgan fingerprint density at radius 3 is 2.53 bits per heavy atom. The van der Waals surface area contributed by atoms with Gasteiger partial charge in [-0.05, 0) is 71.2 Å². The Kier molecular flexibility index (Phi) is 8.17. The largest absolute Gasteiger partial charge is 0.481 e. The number of hydrogen-bond acceptors (Lipinski definition) is 8. The molecule has 0 amide bonds. The van der Waals surface area contributed by atoms with Crippen molar-refractivity contribution in [1.29, 1.82) is 0 Å². The van der Waals surface area contributed by atoms with Crippen molar-refractivity contribution in [2.75, 3.05) is 32.2 Å². The first-order chi connectivity index (χ1) is 18.1. The van der Waals surface area contributed by atoms with Gasteiger partial charge >= 0.3 is 11.9 Å². The summed E-state index contributed by atoms with van der Waals surface area (Å²) in [5, 5.41) is 8.84. The van der Waals surface area contributed by atoms with Crippen LogP contribution in [0.15, 0.2) is 68.0 Å². The molecule has 38 heavy (non-hydrogen) atoms. The molecular weight excluding hydrogens is 574 g/mol. The van der Waals surface area contributed by atoms with Crippen LogP contribution in [0, 0.1) is 0 Å². The van der Waals surface area contributed by atoms with E-state index in [1.807, 2.05) is 43.3 Å². The molecule has 11 heteroatoms. The van der Waals surface area contributed by atoms with E-state index >= 15 is 0 Å². The molecule has 4 rings (SSSR count). The third-order valence-electron chi connectivity index (χ3n) is 5.85. The number of ether oxygens (including phenoxy) is 2. The van der Waals surface area contributed by atoms with Crippen molar-refractivity contribution in [3.05, 3.63) is 89.0 Å². The molecule has 2 aromatic carbocycles. The summed E-state index contributed by atoms with van der Waals surface area (Å²) >= 11 is 4.62. The number of aliphatic carboxylic acids is 1. The minimum absolute atomic E-state index is 0.202. The zero-order valence-electron chi connectivity index (χ0n) is 21.2. The number of hydrogen-bond donors (Lipinski definition) is 1. The predicted octanol–water partition coefficient (Wildman–Crippen LogP) is 3.09. The van der Waals surface area contributed by atoms with Crippen molar-refractivity contribution in [3.63, 3.8) is 0 Å². The molecule has 0 spiro atoms. The fourth-order valence-corrected chi connectivity index (χ4v) is 5.63. The van der Waals surface area contributed by atoms with Crippen LogP contribution in [0.2, 0.25) is 0 Å². The summed E-state index contributed by atoms with van der Waals surface area (Å²) in [5.41, 5.74) is 3.00. The first-order valence-corrected chi connectivity index (χ1v) is 13.3. The maximum absolute atomic E-state index is 13.7. The summed E-state index contributed by atoms with van der Waals surface area (Å²) in [6.07, 6.45) is 1.73. The van der Waals surface area contributed by atoms with Gasteiger partial charge in [-0.25, -0.2) is 14.6 Å². The van der Waals surface area contributed by atoms with Gasteiger partial charge in [-0.2, -0.15) is 0 Å². The minimum atomic E-state index is -1.08. The Morgan fingerprint density at radius 2 is 1.92 bits per heavy atom. The molecular formula is C27H26BrN3O6S. The lowest BCUT2D eigenvalue weighted by molar-refractivity contribution is -0.140. The predicted molar refractivity (Wildman–Crippen MR) is 148 cm³/mol. The number of carbonyl (C=O) groups excluding carboxylic acids is 1. The number of aromatic nitrogens is 1. The van der Waals surface area contributed by atoms with Gasteiger partial charge in [0.2, 0.25) is 0 Å². The van der Waals surface area contributed by atoms with Crippen LogP contribution in [0.25, 0.3) is 6.08 Å². The molecule has 9 nitrogen and oxygen atoms in total. The average Bonchev–Trinajstić information content (AvgIpc) is 3.16. The fraction of sp³-hybridized carbons (Fsp3) is 0.259. The second-order valence-electron chi connectivity index (χ2n) is 8.66. The first-order valence-electron chi connectivity index (χ1n) is 11.7. The molecule has 0 radical (unpaired) electrons. The van der Waals surface area contributed by atoms with Gasteiger partial charge in [0.05, 0.1) is 32.9 Å². The number of nitrogens with zero attached hydrogens (tertiary/aromatic N) is 3. The number of benzene rings is 2. The number of esters is 1. The zero-order chi connectivity index (χ0) is 27.6. The molecule has 0 saturated carbocycles. The van der Waals surface area contributed by atoms with Crippen LogP contribution in [-0.2, 0) is 14.3 Å². The smallest absolute Gasteiger partial charge is 0.341 e. The molecule has 1 aliphatic rings. The lowest BCUT2D eigenvalue weighted by Gasteiger charge is -2.25. The van der Waals surface area contributed by atoms with Gasteiger partial charge in [-0.15, -0.1) is 0 Å². The van der Waals surface area contributed by atoms with Crippen molar-refractivity contribution in [2.45, 2.75) is 19.9 Å². The Balaban J connectivity index is 1.83. The minimum Gasteiger partial charge on any atom is -0.481 e. The molecule has 1 aliphatic heterocycles. The average molecular weight is 600 g/mol. The van der Waals surface area contributed by atoms with Crippen LogP contribution in [0.3, 0.4) is 0 Å². The van der Waals surface area contributed by atoms with Crippen LogP contribution in [0.4, 0.5) is 5.69 Å². The van der Waals surface area contributed by atoms with E-state index in [1.54, 1.807) is 42.7 Å². The topological polar surface area (TPSA) is 110 Å². The van der Waals surface area contributed by atoms with Crippen molar-refractivity contribution in [3.8, 4) is 5.75 Å². The molecule has 1 atom stereocenters. The summed E-state index contributed by atoms with van der Waals surface area (Å²) in [6, 6.07) is 12.1. The number of carboxylic acids is 1. The van der Waals surface area contributed by atoms with Gasteiger partial charge in [0.15, 0.2) is 11.4 Å². The molecule has 0 fully saturated rings. The van der Waals surface area contributed by atoms with E-state index in [0.717, 1.165) is 11.3 Å². The Morgan fingerprint density at radius 1 is 1.21 bits per heavy atom. The van der Waals surface area contributed by atoms with E-state index in [4.69, 9.17) is 14.6 Å². The Bertz CT molecular complexity index is 1600. The quantitative estimate of drug-likeness (QED) is 0.396. The molecule has 0 unspecified atom stereocenters. The maximum atomic E-state index is 13.7. The summed E-state index contributed by atoms with van der Waals surface area (Å²) in [4.78, 5) is 44.6. The number of halogens is 1. The van der Waals surface area contributed by atoms with Gasteiger partial charge in [-0.1, -0.05) is 29.5 Å². The summed E-state index contributed by atoms with van der Waals surface area (Å²) < 4.78 is 13.1. The molecule has 0 bridgehead atoms. The normalized spacial score (nSPS) is 15.1. The van der Waals surface area contributed by atoms with Crippen molar-refractivity contribution in [1.82, 2.24) is 4.57 Å². The van der Waals surface area contributed by atoms with Crippen molar-refractivity contribution in [2.24, 2.45) is 4.99 Å². The number of anilines is 1. The Hall–Kier alpha value is -3.70. The number of allylic oxidation sites excluding steroid dienone is 1. The molecule has 198 valence electrons. The van der Waals surface area contributed by atoms with Crippen LogP contribution < -0.4 is 24.5 Å². The Labute approximate surface area is 231 Å². The molecule has 0 aliphatic carbocycles. The first kappa shape index (κ1) is 27.3. The summed E-state index contributed by atoms with van der Waals surface area (Å²) in [7, 11) is 3.88. The SMILES string of the molecule is CCOC(=O)C1=C(C)N=c2s/c(=C/c3ccc(OCC(=O)O)c(Br)c3)c(=O)n2[C@@H]1c1ccc(N(C)C)cc1. The van der Waals surface area contributed by atoms with Gasteiger partial charge in [0.25, 0.3) is 5.56 Å². The number of fused-ring (bicyclic) bond motifs is 1. The highest BCUT2D eigenvalue weighted by molar-refractivity contribution is 9.10. The highest BCUT2D eigenvalue weighted by Crippen LogP contribution is 2.32. The highest BCUT2D eigenvalue weighted by atomic mass is 79.9. The monoisotopic (exact) mass is 599 g/mol. The van der Waals surface area contributed by atoms with E-state index in [2.05, 4.69) is 20.9 Å². The highest BCUT2D eigenvalue weighted by Gasteiger charge is 2.33. The fourth-order valence-electron chi connectivity index (χ4n) is 4.08. The van der Waals surface area contributed by atoms with Gasteiger partial charge in [-0.3, -0.25) is 9.36 Å². The lowest BCUT2D eigenvalue weighted by Crippen LogP contribution is -2.39. The van der Waals surface area contributed by atoms with Gasteiger partial charge in [0.1, 0.15) is 5.75 Å². The summed E-state index contributed by atoms with van der Waals surface area (Å²) in [5.74, 6) is -1.21. The number of thiazole rings is 1. The number of rotatable bonds is 8. The third-order valence-corrected chi connectivity index (χ3v) is 7.45. The van der Waals surface area contributed by atoms with Gasteiger partial charge < -0.3 is 19.5 Å². The second kappa shape index (κ2) is 11.4. The lowest BCUT2D eigenvalue weighted by atomic mass is 9.95. The van der Waals surface area contributed by atoms with Crippen LogP contribution in [-0.4, -0.2) is 48.9 Å². The van der Waals surface area contributed by atoms with E-state index in [1.165, 1.54) is 11.3 Å². The molecule has 1 N–H and O–H groups in total. The second-order valence-corrected chi connectivity index (χ2v) is 10.5. The summed E-state index contributed by atoms with van der Waals surface area (Å²) in [6.45, 7) is 3.22. The zero-order valence-corrected chi connectivity index (χ0v) is 23.6. The van der Waals surface area contributed by atoms with E-state index in [0.29, 0.717) is 36.4 Å². The van der Waals surface area contributed by atoms with Crippen LogP contribution >= 0.6 is 27.3 Å². The number of carboxylic acid groups (broad SMARTS) is 1. The van der Waals surface area contributed by atoms with Crippen molar-refractivity contribution < 1.29 is 24.2 Å². The van der Waals surface area contributed by atoms with E-state index < -0.39 is 24.6 Å². The molecule has 1 aromatic heterocycles. The number of carbonyl (C=O) groups is 2. The van der Waals surface area contributed by atoms with Crippen LogP contribution in [0.5, 0.6) is 5.75 Å². The van der Waals surface area contributed by atoms with Gasteiger partial charge in [0, 0.05) is 19.8 Å². The molecule has 3 aromatic rings. The molecule has 2 heterocycles. The maximum Gasteiger partial charge on any atom is 0.341 e. The standard InChI is InChI=1S/C27H26BrN3O6S/c1-5-36-26(35)23-15(2)29-27-31(24(23)17-7-9-18(10-8-17)30(3)4)25(34)21(38-27)13-16-6-11-20(19(28)12-16)37-14-22(32)33/h6-13,24H,5,14H2,1-4H3,(H,32,33)/b21-13+/t24-/m1/s1. The van der Waals surface area contributed by atoms with E-state index in [9.17, 15) is 14.4 Å². The van der Waals surface area contributed by atoms with E-state index in [-0.39, 0.29) is 12.2 Å². The van der Waals surface area contributed by atoms with Crippen LogP contribution in [0.1, 0.15) is 31.0 Å². The molecule has 0 saturated heterocycles.